The van der Waals surface area contributed by atoms with Crippen molar-refractivity contribution in [3.8, 4) is 0 Å². The average molecular weight is 251 g/mol. The number of thiol groups is 1. The minimum atomic E-state index is 0.0216. The second kappa shape index (κ2) is 4.96. The van der Waals surface area contributed by atoms with Crippen LogP contribution >= 0.6 is 12.6 Å². The van der Waals surface area contributed by atoms with Crippen molar-refractivity contribution in [1.29, 1.82) is 0 Å². The molecule has 0 radical (unpaired) electrons. The Morgan fingerprint density at radius 2 is 2.24 bits per heavy atom. The summed E-state index contributed by atoms with van der Waals surface area (Å²) < 4.78 is 3.39. The lowest BCUT2D eigenvalue weighted by molar-refractivity contribution is 0.467. The molecule has 4 nitrogen and oxygen atoms in total. The van der Waals surface area contributed by atoms with Gasteiger partial charge in [0.15, 0.2) is 0 Å². The fraction of sp³-hybridized carbons (Fsp3) is 0.500. The van der Waals surface area contributed by atoms with E-state index in [1.54, 1.807) is 15.3 Å². The third-order valence-corrected chi connectivity index (χ3v) is 3.53. The van der Waals surface area contributed by atoms with Gasteiger partial charge in [-0.3, -0.25) is 4.79 Å². The monoisotopic (exact) mass is 251 g/mol. The zero-order valence-electron chi connectivity index (χ0n) is 10.1. The summed E-state index contributed by atoms with van der Waals surface area (Å²) in [5.41, 5.74) is 1.52. The van der Waals surface area contributed by atoms with E-state index in [1.807, 2.05) is 19.2 Å². The van der Waals surface area contributed by atoms with Gasteiger partial charge in [-0.05, 0) is 24.7 Å². The van der Waals surface area contributed by atoms with E-state index in [0.717, 1.165) is 24.4 Å². The van der Waals surface area contributed by atoms with Gasteiger partial charge >= 0.3 is 0 Å². The van der Waals surface area contributed by atoms with Crippen LogP contribution in [-0.4, -0.2) is 19.9 Å². The zero-order chi connectivity index (χ0) is 12.4. The standard InChI is InChI=1S/C12H17N3OS/c1-3-10(8-17)7-14-4-5-15-11(12(14)16)6-9(2)13-15/h4-6,10,17H,3,7-8H2,1-2H3. The van der Waals surface area contributed by atoms with Crippen LogP contribution in [0.4, 0.5) is 0 Å². The van der Waals surface area contributed by atoms with Crippen molar-refractivity contribution in [3.05, 3.63) is 34.5 Å². The third-order valence-electron chi connectivity index (χ3n) is 3.02. The van der Waals surface area contributed by atoms with Gasteiger partial charge in [-0.25, -0.2) is 4.52 Å². The lowest BCUT2D eigenvalue weighted by Crippen LogP contribution is -2.25. The molecular formula is C12H17N3OS. The van der Waals surface area contributed by atoms with E-state index in [-0.39, 0.29) is 5.56 Å². The highest BCUT2D eigenvalue weighted by atomic mass is 32.1. The van der Waals surface area contributed by atoms with Gasteiger partial charge in [0.05, 0.1) is 5.69 Å². The average Bonchev–Trinajstić information content (AvgIpc) is 2.70. The van der Waals surface area contributed by atoms with Crippen molar-refractivity contribution >= 4 is 18.1 Å². The number of hydrogen-bond acceptors (Lipinski definition) is 3. The second-order valence-electron chi connectivity index (χ2n) is 4.33. The van der Waals surface area contributed by atoms with E-state index in [0.29, 0.717) is 11.4 Å². The smallest absolute Gasteiger partial charge is 0.276 e. The summed E-state index contributed by atoms with van der Waals surface area (Å²) in [5, 5.41) is 4.22. The Bertz CT molecular complexity index is 569. The van der Waals surface area contributed by atoms with Crippen LogP contribution in [0.3, 0.4) is 0 Å². The van der Waals surface area contributed by atoms with Gasteiger partial charge in [0.25, 0.3) is 5.56 Å². The van der Waals surface area contributed by atoms with Crippen LogP contribution in [0.2, 0.25) is 0 Å². The van der Waals surface area contributed by atoms with E-state index >= 15 is 0 Å². The molecule has 0 N–H and O–H groups in total. The Hall–Kier alpha value is -1.23. The fourth-order valence-electron chi connectivity index (χ4n) is 1.89. The molecule has 0 spiro atoms. The van der Waals surface area contributed by atoms with E-state index in [2.05, 4.69) is 24.7 Å². The van der Waals surface area contributed by atoms with Crippen LogP contribution in [0.1, 0.15) is 19.0 Å². The number of rotatable bonds is 4. The number of aromatic nitrogens is 3. The van der Waals surface area contributed by atoms with E-state index in [4.69, 9.17) is 0 Å². The van der Waals surface area contributed by atoms with Crippen molar-refractivity contribution in [3.63, 3.8) is 0 Å². The first-order chi connectivity index (χ1) is 8.15. The third kappa shape index (κ3) is 2.39. The molecule has 0 fully saturated rings. The maximum atomic E-state index is 12.2. The Morgan fingerprint density at radius 3 is 2.88 bits per heavy atom. The molecule has 1 atom stereocenters. The van der Waals surface area contributed by atoms with Gasteiger partial charge in [0.2, 0.25) is 0 Å². The first-order valence-corrected chi connectivity index (χ1v) is 6.45. The van der Waals surface area contributed by atoms with Gasteiger partial charge in [0.1, 0.15) is 5.52 Å². The lowest BCUT2D eigenvalue weighted by Gasteiger charge is -2.13. The molecule has 0 saturated heterocycles. The van der Waals surface area contributed by atoms with Crippen molar-refractivity contribution in [2.75, 3.05) is 5.75 Å². The van der Waals surface area contributed by atoms with Crippen LogP contribution < -0.4 is 5.56 Å². The molecule has 0 saturated carbocycles. The highest BCUT2D eigenvalue weighted by Gasteiger charge is 2.09. The number of hydrogen-bond donors (Lipinski definition) is 1. The SMILES string of the molecule is CCC(CS)Cn1ccn2nc(C)cc2c1=O. The zero-order valence-corrected chi connectivity index (χ0v) is 11.0. The fourth-order valence-corrected chi connectivity index (χ4v) is 2.26. The summed E-state index contributed by atoms with van der Waals surface area (Å²) in [4.78, 5) is 12.2. The molecule has 0 aliphatic rings. The predicted molar refractivity (Wildman–Crippen MR) is 71.8 cm³/mol. The highest BCUT2D eigenvalue weighted by Crippen LogP contribution is 2.08. The van der Waals surface area contributed by atoms with Crippen LogP contribution in [-0.2, 0) is 6.54 Å². The van der Waals surface area contributed by atoms with E-state index < -0.39 is 0 Å². The Balaban J connectivity index is 2.42. The lowest BCUT2D eigenvalue weighted by atomic mass is 10.1. The van der Waals surface area contributed by atoms with Crippen LogP contribution in [0.25, 0.3) is 5.52 Å². The minimum Gasteiger partial charge on any atom is -0.312 e. The molecule has 2 heterocycles. The first kappa shape index (κ1) is 12.2. The summed E-state index contributed by atoms with van der Waals surface area (Å²) in [6.07, 6.45) is 4.66. The number of fused-ring (bicyclic) bond motifs is 1. The van der Waals surface area contributed by atoms with Gasteiger partial charge in [-0.2, -0.15) is 17.7 Å². The van der Waals surface area contributed by atoms with Crippen molar-refractivity contribution in [2.24, 2.45) is 5.92 Å². The maximum Gasteiger partial charge on any atom is 0.276 e. The highest BCUT2D eigenvalue weighted by molar-refractivity contribution is 7.80. The van der Waals surface area contributed by atoms with Crippen LogP contribution in [0.15, 0.2) is 23.3 Å². The van der Waals surface area contributed by atoms with E-state index in [9.17, 15) is 4.79 Å². The molecule has 0 amide bonds. The molecule has 5 heteroatoms. The molecular weight excluding hydrogens is 234 g/mol. The second-order valence-corrected chi connectivity index (χ2v) is 4.69. The summed E-state index contributed by atoms with van der Waals surface area (Å²) in [7, 11) is 0. The normalized spacial score (nSPS) is 13.1. The maximum absolute atomic E-state index is 12.2. The molecule has 0 aliphatic carbocycles. The van der Waals surface area contributed by atoms with Crippen molar-refractivity contribution in [1.82, 2.24) is 14.2 Å². The Morgan fingerprint density at radius 1 is 1.47 bits per heavy atom. The molecule has 2 aromatic rings. The Labute approximate surface area is 106 Å². The van der Waals surface area contributed by atoms with Gasteiger partial charge in [-0.15, -0.1) is 0 Å². The van der Waals surface area contributed by atoms with Crippen molar-refractivity contribution < 1.29 is 0 Å². The topological polar surface area (TPSA) is 39.3 Å². The summed E-state index contributed by atoms with van der Waals surface area (Å²) >= 11 is 4.30. The molecule has 0 bridgehead atoms. The molecule has 0 aliphatic heterocycles. The summed E-state index contributed by atoms with van der Waals surface area (Å²) in [6.45, 7) is 4.73. The summed E-state index contributed by atoms with van der Waals surface area (Å²) in [6, 6.07) is 1.82. The predicted octanol–water partition coefficient (Wildman–Crippen LogP) is 1.76. The molecule has 2 rings (SSSR count). The largest absolute Gasteiger partial charge is 0.312 e. The Kier molecular flexibility index (Phi) is 3.57. The molecule has 92 valence electrons. The quantitative estimate of drug-likeness (QED) is 0.841. The molecule has 1 unspecified atom stereocenters. The van der Waals surface area contributed by atoms with Crippen molar-refractivity contribution in [2.45, 2.75) is 26.8 Å². The first-order valence-electron chi connectivity index (χ1n) is 5.82. The number of aryl methyl sites for hydroxylation is 1. The number of nitrogens with zero attached hydrogens (tertiary/aromatic N) is 3. The molecule has 2 aromatic heterocycles. The minimum absolute atomic E-state index is 0.0216. The van der Waals surface area contributed by atoms with Gasteiger partial charge in [-0.1, -0.05) is 13.3 Å². The van der Waals surface area contributed by atoms with Crippen LogP contribution in [0.5, 0.6) is 0 Å². The van der Waals surface area contributed by atoms with Crippen LogP contribution in [0, 0.1) is 12.8 Å². The molecule has 0 aromatic carbocycles. The van der Waals surface area contributed by atoms with E-state index in [1.165, 1.54) is 0 Å². The van der Waals surface area contributed by atoms with Gasteiger partial charge < -0.3 is 4.57 Å². The summed E-state index contributed by atoms with van der Waals surface area (Å²) in [5.74, 6) is 1.23. The van der Waals surface area contributed by atoms with Gasteiger partial charge in [0, 0.05) is 18.9 Å². The molecule has 17 heavy (non-hydrogen) atoms.